The fourth-order valence-electron chi connectivity index (χ4n) is 1.70. The maximum absolute atomic E-state index is 13.5. The van der Waals surface area contributed by atoms with E-state index in [9.17, 15) is 8.78 Å². The zero-order valence-corrected chi connectivity index (χ0v) is 12.0. The lowest BCUT2D eigenvalue weighted by Crippen LogP contribution is -2.04. The quantitative estimate of drug-likeness (QED) is 0.797. The van der Waals surface area contributed by atoms with Gasteiger partial charge >= 0.3 is 0 Å². The van der Waals surface area contributed by atoms with Gasteiger partial charge in [0.1, 0.15) is 0 Å². The SMILES string of the molecule is Cc1cc(I)ccc1NCc1cccc(F)c1F. The Morgan fingerprint density at radius 1 is 1.17 bits per heavy atom. The summed E-state index contributed by atoms with van der Waals surface area (Å²) < 4.78 is 27.6. The van der Waals surface area contributed by atoms with Crippen LogP contribution in [0.5, 0.6) is 0 Å². The molecule has 94 valence electrons. The Labute approximate surface area is 118 Å². The van der Waals surface area contributed by atoms with Crippen LogP contribution >= 0.6 is 22.6 Å². The molecule has 2 rings (SSSR count). The lowest BCUT2D eigenvalue weighted by molar-refractivity contribution is 0.500. The third-order valence-electron chi connectivity index (χ3n) is 2.69. The summed E-state index contributed by atoms with van der Waals surface area (Å²) in [5.41, 5.74) is 2.34. The molecule has 0 amide bonds. The van der Waals surface area contributed by atoms with Crippen molar-refractivity contribution >= 4 is 28.3 Å². The van der Waals surface area contributed by atoms with Crippen molar-refractivity contribution in [2.45, 2.75) is 13.5 Å². The van der Waals surface area contributed by atoms with Gasteiger partial charge in [-0.25, -0.2) is 8.78 Å². The van der Waals surface area contributed by atoms with Crippen LogP contribution in [-0.2, 0) is 6.54 Å². The van der Waals surface area contributed by atoms with Gasteiger partial charge in [-0.1, -0.05) is 12.1 Å². The molecule has 2 aromatic carbocycles. The Kier molecular flexibility index (Phi) is 4.16. The molecule has 0 saturated carbocycles. The molecule has 0 heterocycles. The average Bonchev–Trinajstić information content (AvgIpc) is 2.33. The van der Waals surface area contributed by atoms with Gasteiger partial charge in [0.2, 0.25) is 0 Å². The van der Waals surface area contributed by atoms with Crippen molar-refractivity contribution in [3.05, 3.63) is 62.7 Å². The van der Waals surface area contributed by atoms with Gasteiger partial charge in [-0.2, -0.15) is 0 Å². The van der Waals surface area contributed by atoms with Gasteiger partial charge in [-0.15, -0.1) is 0 Å². The second kappa shape index (κ2) is 5.65. The van der Waals surface area contributed by atoms with Crippen molar-refractivity contribution in [3.8, 4) is 0 Å². The van der Waals surface area contributed by atoms with Crippen molar-refractivity contribution < 1.29 is 8.78 Å². The summed E-state index contributed by atoms with van der Waals surface area (Å²) >= 11 is 2.23. The Morgan fingerprint density at radius 3 is 2.67 bits per heavy atom. The maximum atomic E-state index is 13.5. The maximum Gasteiger partial charge on any atom is 0.163 e. The number of hydrogen-bond acceptors (Lipinski definition) is 1. The van der Waals surface area contributed by atoms with Gasteiger partial charge in [-0.3, -0.25) is 0 Å². The van der Waals surface area contributed by atoms with E-state index in [-0.39, 0.29) is 6.54 Å². The molecule has 0 aliphatic rings. The topological polar surface area (TPSA) is 12.0 Å². The normalized spacial score (nSPS) is 10.4. The van der Waals surface area contributed by atoms with E-state index >= 15 is 0 Å². The summed E-state index contributed by atoms with van der Waals surface area (Å²) in [4.78, 5) is 0. The monoisotopic (exact) mass is 359 g/mol. The van der Waals surface area contributed by atoms with Gasteiger partial charge < -0.3 is 5.32 Å². The van der Waals surface area contributed by atoms with Crippen LogP contribution in [0.3, 0.4) is 0 Å². The molecule has 0 aliphatic heterocycles. The first-order valence-corrected chi connectivity index (χ1v) is 6.58. The van der Waals surface area contributed by atoms with Crippen LogP contribution in [0.25, 0.3) is 0 Å². The number of rotatable bonds is 3. The van der Waals surface area contributed by atoms with Crippen molar-refractivity contribution in [2.24, 2.45) is 0 Å². The van der Waals surface area contributed by atoms with Gasteiger partial charge in [-0.05, 0) is 59.3 Å². The first-order chi connectivity index (χ1) is 8.58. The van der Waals surface area contributed by atoms with Crippen LogP contribution in [0, 0.1) is 22.1 Å². The van der Waals surface area contributed by atoms with Gasteiger partial charge in [0, 0.05) is 21.4 Å². The number of aryl methyl sites for hydroxylation is 1. The van der Waals surface area contributed by atoms with Gasteiger partial charge in [0.05, 0.1) is 0 Å². The highest BCUT2D eigenvalue weighted by Gasteiger charge is 2.07. The predicted octanol–water partition coefficient (Wildman–Crippen LogP) is 4.49. The number of halogens is 3. The van der Waals surface area contributed by atoms with E-state index in [0.29, 0.717) is 5.56 Å². The molecular formula is C14H12F2IN. The molecule has 0 unspecified atom stereocenters. The number of anilines is 1. The van der Waals surface area contributed by atoms with Crippen molar-refractivity contribution in [1.29, 1.82) is 0 Å². The molecule has 0 aliphatic carbocycles. The van der Waals surface area contributed by atoms with Gasteiger partial charge in [0.15, 0.2) is 11.6 Å². The zero-order valence-electron chi connectivity index (χ0n) is 9.81. The zero-order chi connectivity index (χ0) is 13.1. The minimum Gasteiger partial charge on any atom is -0.381 e. The fourth-order valence-corrected chi connectivity index (χ4v) is 2.35. The molecule has 1 N–H and O–H groups in total. The second-order valence-corrected chi connectivity index (χ2v) is 5.27. The van der Waals surface area contributed by atoms with Crippen LogP contribution in [0.4, 0.5) is 14.5 Å². The van der Waals surface area contributed by atoms with Crippen LogP contribution in [0.15, 0.2) is 36.4 Å². The number of hydrogen-bond donors (Lipinski definition) is 1. The summed E-state index contributed by atoms with van der Waals surface area (Å²) in [6.45, 7) is 2.25. The fraction of sp³-hybridized carbons (Fsp3) is 0.143. The second-order valence-electron chi connectivity index (χ2n) is 4.03. The molecule has 0 saturated heterocycles. The van der Waals surface area contributed by atoms with E-state index in [2.05, 4.69) is 27.9 Å². The molecule has 0 fully saturated rings. The van der Waals surface area contributed by atoms with Crippen molar-refractivity contribution in [2.75, 3.05) is 5.32 Å². The van der Waals surface area contributed by atoms with Gasteiger partial charge in [0.25, 0.3) is 0 Å². The molecule has 2 aromatic rings. The third-order valence-corrected chi connectivity index (χ3v) is 3.36. The Bertz CT molecular complexity index is 570. The summed E-state index contributed by atoms with van der Waals surface area (Å²) in [6.07, 6.45) is 0. The molecule has 0 spiro atoms. The minimum atomic E-state index is -0.811. The molecule has 18 heavy (non-hydrogen) atoms. The highest BCUT2D eigenvalue weighted by Crippen LogP contribution is 2.19. The first kappa shape index (κ1) is 13.3. The van der Waals surface area contributed by atoms with E-state index in [1.165, 1.54) is 6.07 Å². The Balaban J connectivity index is 2.14. The largest absolute Gasteiger partial charge is 0.381 e. The summed E-state index contributed by atoms with van der Waals surface area (Å²) in [6, 6.07) is 10.1. The highest BCUT2D eigenvalue weighted by atomic mass is 127. The molecule has 0 bridgehead atoms. The summed E-state index contributed by atoms with van der Waals surface area (Å²) in [7, 11) is 0. The Hall–Kier alpha value is -1.17. The standard InChI is InChI=1S/C14H12F2IN/c1-9-7-11(17)5-6-13(9)18-8-10-3-2-4-12(15)14(10)16/h2-7,18H,8H2,1H3. The predicted molar refractivity (Wildman–Crippen MR) is 77.6 cm³/mol. The van der Waals surface area contributed by atoms with E-state index in [0.717, 1.165) is 20.9 Å². The van der Waals surface area contributed by atoms with E-state index < -0.39 is 11.6 Å². The van der Waals surface area contributed by atoms with Crippen LogP contribution in [0.2, 0.25) is 0 Å². The molecule has 1 nitrogen and oxygen atoms in total. The smallest absolute Gasteiger partial charge is 0.163 e. The number of nitrogens with one attached hydrogen (secondary N) is 1. The summed E-state index contributed by atoms with van der Waals surface area (Å²) in [5.74, 6) is -1.60. The van der Waals surface area contributed by atoms with Crippen molar-refractivity contribution in [3.63, 3.8) is 0 Å². The highest BCUT2D eigenvalue weighted by molar-refractivity contribution is 14.1. The van der Waals surface area contributed by atoms with E-state index in [4.69, 9.17) is 0 Å². The van der Waals surface area contributed by atoms with Crippen LogP contribution < -0.4 is 5.32 Å². The molecule has 0 radical (unpaired) electrons. The van der Waals surface area contributed by atoms with E-state index in [1.807, 2.05) is 25.1 Å². The van der Waals surface area contributed by atoms with Crippen molar-refractivity contribution in [1.82, 2.24) is 0 Å². The summed E-state index contributed by atoms with van der Waals surface area (Å²) in [5, 5.41) is 3.11. The average molecular weight is 359 g/mol. The number of benzene rings is 2. The van der Waals surface area contributed by atoms with Crippen LogP contribution in [-0.4, -0.2) is 0 Å². The molecule has 0 aromatic heterocycles. The Morgan fingerprint density at radius 2 is 1.94 bits per heavy atom. The minimum absolute atomic E-state index is 0.269. The molecular weight excluding hydrogens is 347 g/mol. The lowest BCUT2D eigenvalue weighted by Gasteiger charge is -2.10. The lowest BCUT2D eigenvalue weighted by atomic mass is 10.1. The van der Waals surface area contributed by atoms with E-state index in [1.54, 1.807) is 6.07 Å². The van der Waals surface area contributed by atoms with Crippen LogP contribution in [0.1, 0.15) is 11.1 Å². The molecule has 4 heteroatoms. The third kappa shape index (κ3) is 2.98. The molecule has 0 atom stereocenters. The first-order valence-electron chi connectivity index (χ1n) is 5.51.